The zero-order valence-corrected chi connectivity index (χ0v) is 24.9. The Balaban J connectivity index is 1.28. The highest BCUT2D eigenvalue weighted by Crippen LogP contribution is 2.31. The molecule has 0 spiro atoms. The van der Waals surface area contributed by atoms with Crippen LogP contribution >= 0.6 is 0 Å². The smallest absolute Gasteiger partial charge is 0.269 e. The molecule has 2 amide bonds. The van der Waals surface area contributed by atoms with Gasteiger partial charge >= 0.3 is 0 Å². The van der Waals surface area contributed by atoms with E-state index in [1.165, 1.54) is 66.7 Å². The highest BCUT2D eigenvalue weighted by molar-refractivity contribution is 6.09. The van der Waals surface area contributed by atoms with Crippen molar-refractivity contribution in [1.29, 1.82) is 0 Å². The fraction of sp³-hybridized carbons (Fsp3) is 0.0588. The number of phenolic OH excluding ortho intramolecular Hbond substituents is 1. The molecule has 5 rings (SSSR count). The molecule has 0 fully saturated rings. The molecule has 0 atom stereocenters. The van der Waals surface area contributed by atoms with Crippen molar-refractivity contribution in [1.82, 2.24) is 0 Å². The van der Waals surface area contributed by atoms with Gasteiger partial charge in [0.05, 0.1) is 9.85 Å². The van der Waals surface area contributed by atoms with Crippen LogP contribution in [-0.2, 0) is 0 Å². The lowest BCUT2D eigenvalue weighted by Gasteiger charge is -2.13. The van der Waals surface area contributed by atoms with E-state index < -0.39 is 21.7 Å². The molecule has 0 aliphatic carbocycles. The van der Waals surface area contributed by atoms with Crippen molar-refractivity contribution in [2.75, 3.05) is 10.6 Å². The predicted molar refractivity (Wildman–Crippen MR) is 173 cm³/mol. The van der Waals surface area contributed by atoms with E-state index in [0.717, 1.165) is 11.1 Å². The summed E-state index contributed by atoms with van der Waals surface area (Å²) in [6.07, 6.45) is 0. The molecule has 0 unspecified atom stereocenters. The lowest BCUT2D eigenvalue weighted by Crippen LogP contribution is -2.16. The number of aryl methyl sites for hydroxylation is 2. The van der Waals surface area contributed by atoms with Crippen molar-refractivity contribution < 1.29 is 34.0 Å². The minimum Gasteiger partial charge on any atom is -0.508 e. The lowest BCUT2D eigenvalue weighted by atomic mass is 10.1. The molecule has 3 N–H and O–H groups in total. The number of benzene rings is 5. The molecule has 236 valence electrons. The third-order valence-electron chi connectivity index (χ3n) is 6.88. The van der Waals surface area contributed by atoms with Crippen LogP contribution in [0.3, 0.4) is 0 Å². The van der Waals surface area contributed by atoms with Gasteiger partial charge in [-0.2, -0.15) is 0 Å². The average molecular weight is 635 g/mol. The van der Waals surface area contributed by atoms with Gasteiger partial charge < -0.3 is 25.2 Å². The van der Waals surface area contributed by atoms with E-state index in [1.54, 1.807) is 50.2 Å². The Bertz CT molecular complexity index is 1870. The van der Waals surface area contributed by atoms with Gasteiger partial charge in [-0.3, -0.25) is 29.8 Å². The SMILES string of the molecule is Cc1ccc(NC(=O)c2cc(O)cc(C(=O)Nc3ccc(C)c(Oc4ccc([N+](=O)[O-])cc4)c3)c2)cc1Oc1ccc([N+](=O)[O-])cc1. The molecule has 5 aromatic rings. The van der Waals surface area contributed by atoms with Crippen LogP contribution in [0, 0.1) is 34.1 Å². The Kier molecular flexibility index (Phi) is 9.08. The van der Waals surface area contributed by atoms with E-state index in [4.69, 9.17) is 9.47 Å². The maximum atomic E-state index is 13.2. The quantitative estimate of drug-likeness (QED) is 0.101. The van der Waals surface area contributed by atoms with Gasteiger partial charge in [-0.15, -0.1) is 0 Å². The van der Waals surface area contributed by atoms with Crippen LogP contribution in [0.2, 0.25) is 0 Å². The van der Waals surface area contributed by atoms with Crippen LogP contribution in [0.5, 0.6) is 28.7 Å². The number of carbonyl (C=O) groups excluding carboxylic acids is 2. The second-order valence-corrected chi connectivity index (χ2v) is 10.3. The van der Waals surface area contributed by atoms with Crippen molar-refractivity contribution in [3.05, 3.63) is 146 Å². The summed E-state index contributed by atoms with van der Waals surface area (Å²) >= 11 is 0. The number of phenols is 1. The summed E-state index contributed by atoms with van der Waals surface area (Å²) in [5.74, 6) is 0.0302. The average Bonchev–Trinajstić information content (AvgIpc) is 3.04. The van der Waals surface area contributed by atoms with Gasteiger partial charge in [0.1, 0.15) is 28.7 Å². The number of hydrogen-bond acceptors (Lipinski definition) is 9. The zero-order valence-electron chi connectivity index (χ0n) is 24.9. The molecule has 0 radical (unpaired) electrons. The molecular formula is C34H26N4O9. The lowest BCUT2D eigenvalue weighted by molar-refractivity contribution is -0.385. The van der Waals surface area contributed by atoms with Crippen molar-refractivity contribution in [3.8, 4) is 28.7 Å². The number of nitro groups is 2. The molecule has 0 aromatic heterocycles. The summed E-state index contributed by atoms with van der Waals surface area (Å²) in [5.41, 5.74) is 2.10. The molecule has 0 aliphatic heterocycles. The molecule has 5 aromatic carbocycles. The first-order chi connectivity index (χ1) is 22.4. The van der Waals surface area contributed by atoms with Gasteiger partial charge in [0.2, 0.25) is 0 Å². The first-order valence-corrected chi connectivity index (χ1v) is 14.0. The van der Waals surface area contributed by atoms with Gasteiger partial charge in [-0.05, 0) is 79.6 Å². The van der Waals surface area contributed by atoms with Crippen molar-refractivity contribution in [3.63, 3.8) is 0 Å². The van der Waals surface area contributed by atoms with Gasteiger partial charge in [-0.25, -0.2) is 0 Å². The second kappa shape index (κ2) is 13.5. The van der Waals surface area contributed by atoms with E-state index in [1.807, 2.05) is 0 Å². The first kappa shape index (κ1) is 31.7. The zero-order chi connectivity index (χ0) is 33.7. The summed E-state index contributed by atoms with van der Waals surface area (Å²) in [4.78, 5) is 47.1. The predicted octanol–water partition coefficient (Wildman–Crippen LogP) is 7.91. The highest BCUT2D eigenvalue weighted by atomic mass is 16.6. The van der Waals surface area contributed by atoms with E-state index in [2.05, 4.69) is 10.6 Å². The fourth-order valence-electron chi connectivity index (χ4n) is 4.38. The number of amides is 2. The highest BCUT2D eigenvalue weighted by Gasteiger charge is 2.16. The molecule has 13 nitrogen and oxygen atoms in total. The number of nitrogens with one attached hydrogen (secondary N) is 2. The van der Waals surface area contributed by atoms with E-state index in [-0.39, 0.29) is 28.3 Å². The normalized spacial score (nSPS) is 10.5. The largest absolute Gasteiger partial charge is 0.508 e. The van der Waals surface area contributed by atoms with E-state index >= 15 is 0 Å². The molecule has 13 heteroatoms. The number of ether oxygens (including phenoxy) is 2. The number of rotatable bonds is 10. The summed E-state index contributed by atoms with van der Waals surface area (Å²) in [6.45, 7) is 3.59. The maximum absolute atomic E-state index is 13.2. The monoisotopic (exact) mass is 634 g/mol. The number of nitrogens with zero attached hydrogens (tertiary/aromatic N) is 2. The number of carbonyl (C=O) groups is 2. The Morgan fingerprint density at radius 2 is 0.979 bits per heavy atom. The van der Waals surface area contributed by atoms with Crippen LogP contribution < -0.4 is 20.1 Å². The Labute approximate surface area is 267 Å². The molecule has 0 saturated heterocycles. The summed E-state index contributed by atoms with van der Waals surface area (Å²) in [7, 11) is 0. The Morgan fingerprint density at radius 3 is 1.34 bits per heavy atom. The minimum absolute atomic E-state index is 0.0136. The first-order valence-electron chi connectivity index (χ1n) is 14.0. The molecule has 0 bridgehead atoms. The fourth-order valence-corrected chi connectivity index (χ4v) is 4.38. The van der Waals surface area contributed by atoms with Gasteiger partial charge in [0.25, 0.3) is 23.2 Å². The van der Waals surface area contributed by atoms with Crippen LogP contribution in [0.1, 0.15) is 31.8 Å². The minimum atomic E-state index is -0.603. The standard InChI is InChI=1S/C34H26N4O9/c1-20-3-5-24(18-31(20)46-29-11-7-26(8-12-29)37(42)43)35-33(40)22-15-23(17-28(39)16-22)34(41)36-25-6-4-21(2)32(19-25)47-30-13-9-27(10-14-30)38(44)45/h3-19,39H,1-2H3,(H,35,40)(H,36,41). The van der Waals surface area contributed by atoms with Crippen molar-refractivity contribution in [2.45, 2.75) is 13.8 Å². The maximum Gasteiger partial charge on any atom is 0.269 e. The van der Waals surface area contributed by atoms with Crippen LogP contribution in [0.4, 0.5) is 22.7 Å². The summed E-state index contributed by atoms with van der Waals surface area (Å²) < 4.78 is 11.7. The third-order valence-corrected chi connectivity index (χ3v) is 6.88. The topological polar surface area (TPSA) is 183 Å². The third kappa shape index (κ3) is 7.85. The Morgan fingerprint density at radius 1 is 0.596 bits per heavy atom. The molecule has 47 heavy (non-hydrogen) atoms. The number of anilines is 2. The molecule has 0 saturated carbocycles. The van der Waals surface area contributed by atoms with Crippen molar-refractivity contribution >= 4 is 34.6 Å². The van der Waals surface area contributed by atoms with Crippen molar-refractivity contribution in [2.24, 2.45) is 0 Å². The van der Waals surface area contributed by atoms with E-state index in [9.17, 15) is 34.9 Å². The summed E-state index contributed by atoms with van der Waals surface area (Å²) in [6, 6.07) is 24.8. The number of non-ortho nitro benzene ring substituents is 2. The number of hydrogen-bond donors (Lipinski definition) is 3. The van der Waals surface area contributed by atoms with Gasteiger partial charge in [0, 0.05) is 58.9 Å². The molecule has 0 aliphatic rings. The van der Waals surface area contributed by atoms with Crippen LogP contribution in [-0.4, -0.2) is 26.8 Å². The Hall–Kier alpha value is -6.76. The van der Waals surface area contributed by atoms with Gasteiger partial charge in [0.15, 0.2) is 0 Å². The van der Waals surface area contributed by atoms with Crippen LogP contribution in [0.25, 0.3) is 0 Å². The summed E-state index contributed by atoms with van der Waals surface area (Å²) in [5, 5.41) is 37.6. The molecule has 0 heterocycles. The number of aromatic hydroxyl groups is 1. The van der Waals surface area contributed by atoms with E-state index in [0.29, 0.717) is 34.4 Å². The molecular weight excluding hydrogens is 608 g/mol. The second-order valence-electron chi connectivity index (χ2n) is 10.3. The number of nitro benzene ring substituents is 2. The van der Waals surface area contributed by atoms with Crippen LogP contribution in [0.15, 0.2) is 103 Å². The van der Waals surface area contributed by atoms with Gasteiger partial charge in [-0.1, -0.05) is 12.1 Å².